The molecule has 1 aromatic carbocycles. The van der Waals surface area contributed by atoms with E-state index in [1.54, 1.807) is 0 Å². The van der Waals surface area contributed by atoms with Crippen molar-refractivity contribution >= 4 is 11.6 Å². The third kappa shape index (κ3) is 5.49. The summed E-state index contributed by atoms with van der Waals surface area (Å²) < 4.78 is 30.8. The van der Waals surface area contributed by atoms with Crippen LogP contribution in [0.2, 0.25) is 0 Å². The van der Waals surface area contributed by atoms with E-state index in [0.29, 0.717) is 13.0 Å². The predicted octanol–water partition coefficient (Wildman–Crippen LogP) is 2.72. The molecule has 5 heteroatoms. The molecule has 0 aliphatic rings. The molecule has 0 spiro atoms. The lowest BCUT2D eigenvalue weighted by Gasteiger charge is -2.05. The Bertz CT molecular complexity index is 506. The van der Waals surface area contributed by atoms with Crippen LogP contribution in [0.25, 0.3) is 0 Å². The minimum atomic E-state index is -1.02. The van der Waals surface area contributed by atoms with Crippen molar-refractivity contribution in [2.45, 2.75) is 26.4 Å². The second-order valence-electron chi connectivity index (χ2n) is 3.85. The Hall–Kier alpha value is -1.93. The fraction of sp³-hybridized carbons (Fsp3) is 0.357. The van der Waals surface area contributed by atoms with Crippen LogP contribution in [0, 0.1) is 23.5 Å². The summed E-state index contributed by atoms with van der Waals surface area (Å²) in [6.45, 7) is 4.31. The molecule has 19 heavy (non-hydrogen) atoms. The molecule has 0 saturated heterocycles. The van der Waals surface area contributed by atoms with Crippen LogP contribution < -0.4 is 5.32 Å². The molecular weight excluding hydrogens is 252 g/mol. The molecular formula is C14H15F2NO2. The summed E-state index contributed by atoms with van der Waals surface area (Å²) in [4.78, 5) is 11.4. The van der Waals surface area contributed by atoms with Gasteiger partial charge in [-0.3, -0.25) is 4.79 Å². The maximum Gasteiger partial charge on any atom is 0.300 e. The number of carbonyl (C=O) groups is 1. The van der Waals surface area contributed by atoms with E-state index in [1.165, 1.54) is 6.07 Å². The lowest BCUT2D eigenvalue weighted by Crippen LogP contribution is -2.10. The SMILES string of the molecule is CCOC(C)CC#CC(=O)Nc1ccc(F)c(F)c1. The van der Waals surface area contributed by atoms with Gasteiger partial charge in [-0.05, 0) is 31.9 Å². The molecule has 0 fully saturated rings. The Labute approximate surface area is 111 Å². The van der Waals surface area contributed by atoms with E-state index >= 15 is 0 Å². The second kappa shape index (κ2) is 7.49. The number of hydrogen-bond acceptors (Lipinski definition) is 2. The predicted molar refractivity (Wildman–Crippen MR) is 68.5 cm³/mol. The van der Waals surface area contributed by atoms with Crippen LogP contribution in [-0.2, 0) is 9.53 Å². The number of nitrogens with one attached hydrogen (secondary N) is 1. The number of amides is 1. The van der Waals surface area contributed by atoms with Crippen molar-refractivity contribution in [2.75, 3.05) is 11.9 Å². The van der Waals surface area contributed by atoms with Crippen molar-refractivity contribution in [1.29, 1.82) is 0 Å². The third-order valence-electron chi connectivity index (χ3n) is 2.22. The topological polar surface area (TPSA) is 38.3 Å². The van der Waals surface area contributed by atoms with Crippen molar-refractivity contribution in [1.82, 2.24) is 0 Å². The minimum Gasteiger partial charge on any atom is -0.378 e. The molecule has 1 atom stereocenters. The molecule has 0 aromatic heterocycles. The highest BCUT2D eigenvalue weighted by molar-refractivity contribution is 6.03. The summed E-state index contributed by atoms with van der Waals surface area (Å²) in [7, 11) is 0. The first-order chi connectivity index (χ1) is 9.02. The second-order valence-corrected chi connectivity index (χ2v) is 3.85. The van der Waals surface area contributed by atoms with Gasteiger partial charge in [0.2, 0.25) is 0 Å². The van der Waals surface area contributed by atoms with Gasteiger partial charge in [0, 0.05) is 24.8 Å². The van der Waals surface area contributed by atoms with Gasteiger partial charge in [0.05, 0.1) is 6.10 Å². The van der Waals surface area contributed by atoms with Gasteiger partial charge in [-0.15, -0.1) is 0 Å². The first kappa shape index (κ1) is 15.1. The van der Waals surface area contributed by atoms with Gasteiger partial charge >= 0.3 is 0 Å². The number of rotatable bonds is 4. The molecule has 1 unspecified atom stereocenters. The van der Waals surface area contributed by atoms with E-state index in [1.807, 2.05) is 13.8 Å². The zero-order valence-corrected chi connectivity index (χ0v) is 10.8. The zero-order valence-electron chi connectivity index (χ0n) is 10.8. The molecule has 0 saturated carbocycles. The van der Waals surface area contributed by atoms with E-state index in [4.69, 9.17) is 4.74 Å². The van der Waals surface area contributed by atoms with Gasteiger partial charge in [-0.2, -0.15) is 0 Å². The smallest absolute Gasteiger partial charge is 0.300 e. The fourth-order valence-electron chi connectivity index (χ4n) is 1.35. The van der Waals surface area contributed by atoms with Crippen molar-refractivity contribution in [2.24, 2.45) is 0 Å². The van der Waals surface area contributed by atoms with E-state index in [2.05, 4.69) is 17.2 Å². The van der Waals surface area contributed by atoms with Crippen LogP contribution in [-0.4, -0.2) is 18.6 Å². The first-order valence-corrected chi connectivity index (χ1v) is 5.89. The maximum absolute atomic E-state index is 12.9. The summed E-state index contributed by atoms with van der Waals surface area (Å²) >= 11 is 0. The van der Waals surface area contributed by atoms with Gasteiger partial charge in [-0.1, -0.05) is 5.92 Å². The molecule has 0 aliphatic carbocycles. The molecule has 1 amide bonds. The number of anilines is 1. The molecule has 102 valence electrons. The first-order valence-electron chi connectivity index (χ1n) is 5.89. The largest absolute Gasteiger partial charge is 0.378 e. The van der Waals surface area contributed by atoms with E-state index in [9.17, 15) is 13.6 Å². The molecule has 1 aromatic rings. The average molecular weight is 267 g/mol. The summed E-state index contributed by atoms with van der Waals surface area (Å²) in [5, 5.41) is 2.36. The van der Waals surface area contributed by atoms with Crippen molar-refractivity contribution in [3.63, 3.8) is 0 Å². The molecule has 3 nitrogen and oxygen atoms in total. The van der Waals surface area contributed by atoms with E-state index in [-0.39, 0.29) is 11.8 Å². The van der Waals surface area contributed by atoms with Gasteiger partial charge in [0.25, 0.3) is 5.91 Å². The van der Waals surface area contributed by atoms with Crippen molar-refractivity contribution < 1.29 is 18.3 Å². The average Bonchev–Trinajstić information content (AvgIpc) is 2.34. The monoisotopic (exact) mass is 267 g/mol. The molecule has 1 rings (SSSR count). The quantitative estimate of drug-likeness (QED) is 0.852. The standard InChI is InChI=1S/C14H15F2NO2/c1-3-19-10(2)5-4-6-14(18)17-11-7-8-12(15)13(16)9-11/h7-10H,3,5H2,1-2H3,(H,17,18). The van der Waals surface area contributed by atoms with Crippen LogP contribution >= 0.6 is 0 Å². The Balaban J connectivity index is 2.51. The molecule has 0 aliphatic heterocycles. The summed E-state index contributed by atoms with van der Waals surface area (Å²) in [5.74, 6) is 2.46. The van der Waals surface area contributed by atoms with Crippen LogP contribution in [0.4, 0.5) is 14.5 Å². The third-order valence-corrected chi connectivity index (χ3v) is 2.22. The number of benzene rings is 1. The molecule has 1 N–H and O–H groups in total. The number of halogens is 2. The normalized spacial score (nSPS) is 11.4. The lowest BCUT2D eigenvalue weighted by molar-refractivity contribution is -0.111. The van der Waals surface area contributed by atoms with Gasteiger partial charge in [0.15, 0.2) is 11.6 Å². The highest BCUT2D eigenvalue weighted by Crippen LogP contribution is 2.12. The maximum atomic E-state index is 12.9. The highest BCUT2D eigenvalue weighted by atomic mass is 19.2. The lowest BCUT2D eigenvalue weighted by atomic mass is 10.3. The fourth-order valence-corrected chi connectivity index (χ4v) is 1.35. The zero-order chi connectivity index (χ0) is 14.3. The Kier molecular flexibility index (Phi) is 5.97. The van der Waals surface area contributed by atoms with Crippen LogP contribution in [0.1, 0.15) is 20.3 Å². The number of hydrogen-bond donors (Lipinski definition) is 1. The minimum absolute atomic E-state index is 0.0476. The van der Waals surface area contributed by atoms with Crippen LogP contribution in [0.15, 0.2) is 18.2 Å². The van der Waals surface area contributed by atoms with Gasteiger partial charge in [-0.25, -0.2) is 8.78 Å². The Morgan fingerprint density at radius 3 is 2.79 bits per heavy atom. The summed E-state index contributed by atoms with van der Waals surface area (Å²) in [6.07, 6.45) is 0.382. The van der Waals surface area contributed by atoms with E-state index in [0.717, 1.165) is 12.1 Å². The van der Waals surface area contributed by atoms with Crippen molar-refractivity contribution in [3.8, 4) is 11.8 Å². The summed E-state index contributed by atoms with van der Waals surface area (Å²) in [6, 6.07) is 3.11. The van der Waals surface area contributed by atoms with Crippen LogP contribution in [0.5, 0.6) is 0 Å². The Morgan fingerprint density at radius 1 is 1.42 bits per heavy atom. The van der Waals surface area contributed by atoms with Gasteiger partial charge < -0.3 is 10.1 Å². The molecule has 0 heterocycles. The van der Waals surface area contributed by atoms with Crippen LogP contribution in [0.3, 0.4) is 0 Å². The van der Waals surface area contributed by atoms with Crippen molar-refractivity contribution in [3.05, 3.63) is 29.8 Å². The number of ether oxygens (including phenoxy) is 1. The highest BCUT2D eigenvalue weighted by Gasteiger charge is 2.04. The molecule has 0 radical (unpaired) electrons. The summed E-state index contributed by atoms with van der Waals surface area (Å²) in [5.41, 5.74) is 0.163. The molecule has 0 bridgehead atoms. The van der Waals surface area contributed by atoms with E-state index < -0.39 is 17.5 Å². The Morgan fingerprint density at radius 2 is 2.16 bits per heavy atom. The number of carbonyl (C=O) groups excluding carboxylic acids is 1. The van der Waals surface area contributed by atoms with Gasteiger partial charge in [0.1, 0.15) is 0 Å².